The number of rotatable bonds is 6. The second-order valence-electron chi connectivity index (χ2n) is 8.98. The van der Waals surface area contributed by atoms with Crippen LogP contribution in [0, 0.1) is 12.8 Å². The summed E-state index contributed by atoms with van der Waals surface area (Å²) in [7, 11) is 1.64. The number of phenols is 1. The van der Waals surface area contributed by atoms with E-state index in [-0.39, 0.29) is 17.7 Å². The molecular weight excluding hydrogens is 400 g/mol. The van der Waals surface area contributed by atoms with Gasteiger partial charge in [-0.15, -0.1) is 0 Å². The molecule has 2 saturated carbocycles. The molecule has 0 unspecified atom stereocenters. The van der Waals surface area contributed by atoms with Gasteiger partial charge in [0.25, 0.3) is 5.91 Å². The fourth-order valence-corrected chi connectivity index (χ4v) is 5.19. The molecule has 0 saturated heterocycles. The predicted molar refractivity (Wildman–Crippen MR) is 130 cm³/mol. The molecule has 0 bridgehead atoms. The number of amides is 1. The van der Waals surface area contributed by atoms with Gasteiger partial charge in [-0.05, 0) is 62.8 Å². The van der Waals surface area contributed by atoms with Crippen LogP contribution >= 0.6 is 0 Å². The number of aromatic nitrogens is 1. The number of hydrogen-bond donors (Lipinski definition) is 2. The van der Waals surface area contributed by atoms with E-state index >= 15 is 0 Å². The van der Waals surface area contributed by atoms with Crippen LogP contribution in [-0.2, 0) is 6.54 Å². The maximum Gasteiger partial charge on any atom is 0.253 e. The lowest BCUT2D eigenvalue weighted by atomic mass is 9.89. The fraction of sp³-hybridized carbons (Fsp3) is 0.593. The third kappa shape index (κ3) is 5.48. The zero-order chi connectivity index (χ0) is 23.1. The molecule has 2 aliphatic rings. The van der Waals surface area contributed by atoms with Gasteiger partial charge in [0.1, 0.15) is 11.5 Å². The highest BCUT2D eigenvalue weighted by molar-refractivity contribution is 5.97. The monoisotopic (exact) mass is 440 g/mol. The topological polar surface area (TPSA) is 63.5 Å². The molecule has 1 aromatic carbocycles. The summed E-state index contributed by atoms with van der Waals surface area (Å²) in [6.07, 6.45) is 10.9. The zero-order valence-corrected chi connectivity index (χ0v) is 20.2. The maximum atomic E-state index is 13.1. The summed E-state index contributed by atoms with van der Waals surface area (Å²) in [6.45, 7) is 6.95. The number of carbonyl (C=O) groups is 1. The van der Waals surface area contributed by atoms with E-state index in [1.54, 1.807) is 25.3 Å². The van der Waals surface area contributed by atoms with E-state index in [2.05, 4.69) is 9.88 Å². The smallest absolute Gasteiger partial charge is 0.253 e. The van der Waals surface area contributed by atoms with Crippen molar-refractivity contribution in [2.45, 2.75) is 91.1 Å². The summed E-state index contributed by atoms with van der Waals surface area (Å²) in [5, 5.41) is 13.4. The van der Waals surface area contributed by atoms with Gasteiger partial charge in [-0.3, -0.25) is 4.79 Å². The lowest BCUT2D eigenvalue weighted by molar-refractivity contribution is 0.0937. The Balaban J connectivity index is 0.00000141. The van der Waals surface area contributed by atoms with Crippen molar-refractivity contribution in [3.05, 3.63) is 35.5 Å². The van der Waals surface area contributed by atoms with Gasteiger partial charge in [0.2, 0.25) is 0 Å². The van der Waals surface area contributed by atoms with Crippen LogP contribution in [0.5, 0.6) is 11.5 Å². The molecule has 0 atom stereocenters. The van der Waals surface area contributed by atoms with Crippen LogP contribution in [0.3, 0.4) is 0 Å². The normalized spacial score (nSPS) is 17.0. The number of hydrogen-bond acceptors (Lipinski definition) is 3. The molecule has 1 aromatic heterocycles. The molecule has 4 rings (SSSR count). The zero-order valence-electron chi connectivity index (χ0n) is 20.2. The minimum atomic E-state index is 0.0159. The third-order valence-corrected chi connectivity index (χ3v) is 6.93. The molecule has 2 aliphatic carbocycles. The standard InChI is InChI=1S/C25H34N2O3.C2H6/c1-17-21(25(29)26-19-10-6-7-11-19)15-23(22-14-20(28)12-13-24(22)30-2)27(17)16-18-8-4-3-5-9-18;1-2/h12-15,18-19,28H,3-11,16H2,1-2H3,(H,26,29);1-2H3. The van der Waals surface area contributed by atoms with E-state index in [0.717, 1.165) is 41.9 Å². The SMILES string of the molecule is CC.COc1ccc(O)cc1-c1cc(C(=O)NC2CCCC2)c(C)n1CC1CCCCC1. The number of methoxy groups -OCH3 is 1. The van der Waals surface area contributed by atoms with Crippen LogP contribution in [0.1, 0.15) is 87.7 Å². The molecule has 2 N–H and O–H groups in total. The molecule has 2 fully saturated rings. The van der Waals surface area contributed by atoms with Gasteiger partial charge in [0.15, 0.2) is 0 Å². The largest absolute Gasteiger partial charge is 0.508 e. The Morgan fingerprint density at radius 3 is 2.38 bits per heavy atom. The van der Waals surface area contributed by atoms with Crippen molar-refractivity contribution in [3.63, 3.8) is 0 Å². The molecule has 0 spiro atoms. The molecule has 32 heavy (non-hydrogen) atoms. The van der Waals surface area contributed by atoms with Crippen molar-refractivity contribution in [3.8, 4) is 22.8 Å². The van der Waals surface area contributed by atoms with Crippen molar-refractivity contribution in [2.75, 3.05) is 7.11 Å². The molecule has 176 valence electrons. The van der Waals surface area contributed by atoms with E-state index < -0.39 is 0 Å². The number of nitrogens with one attached hydrogen (secondary N) is 1. The lowest BCUT2D eigenvalue weighted by Crippen LogP contribution is -2.32. The van der Waals surface area contributed by atoms with Gasteiger partial charge in [-0.25, -0.2) is 0 Å². The van der Waals surface area contributed by atoms with E-state index in [1.165, 1.54) is 44.9 Å². The summed E-state index contributed by atoms with van der Waals surface area (Å²) < 4.78 is 7.87. The van der Waals surface area contributed by atoms with Gasteiger partial charge < -0.3 is 19.7 Å². The van der Waals surface area contributed by atoms with Gasteiger partial charge in [0.05, 0.1) is 18.4 Å². The average Bonchev–Trinajstić information content (AvgIpc) is 3.44. The van der Waals surface area contributed by atoms with Crippen LogP contribution in [0.15, 0.2) is 24.3 Å². The van der Waals surface area contributed by atoms with Crippen LogP contribution in [-0.4, -0.2) is 28.7 Å². The summed E-state index contributed by atoms with van der Waals surface area (Å²) in [5.74, 6) is 1.54. The molecule has 0 radical (unpaired) electrons. The third-order valence-electron chi connectivity index (χ3n) is 6.93. The Hall–Kier alpha value is -2.43. The summed E-state index contributed by atoms with van der Waals surface area (Å²) in [6, 6.07) is 7.44. The highest BCUT2D eigenvalue weighted by Crippen LogP contribution is 2.37. The van der Waals surface area contributed by atoms with Crippen LogP contribution in [0.2, 0.25) is 0 Å². The van der Waals surface area contributed by atoms with Gasteiger partial charge >= 0.3 is 0 Å². The first-order valence-electron chi connectivity index (χ1n) is 12.4. The van der Waals surface area contributed by atoms with E-state index in [4.69, 9.17) is 4.74 Å². The first kappa shape index (κ1) is 24.2. The second kappa shape index (κ2) is 11.4. The Kier molecular flexibility index (Phi) is 8.66. The minimum Gasteiger partial charge on any atom is -0.508 e. The molecular formula is C27H40N2O3. The second-order valence-corrected chi connectivity index (χ2v) is 8.98. The van der Waals surface area contributed by atoms with Gasteiger partial charge in [-0.2, -0.15) is 0 Å². The summed E-state index contributed by atoms with van der Waals surface area (Å²) >= 11 is 0. The molecule has 1 amide bonds. The maximum absolute atomic E-state index is 13.1. The van der Waals surface area contributed by atoms with Gasteiger partial charge in [-0.1, -0.05) is 46.0 Å². The van der Waals surface area contributed by atoms with Crippen LogP contribution in [0.4, 0.5) is 0 Å². The Morgan fingerprint density at radius 2 is 1.72 bits per heavy atom. The van der Waals surface area contributed by atoms with E-state index in [9.17, 15) is 9.90 Å². The van der Waals surface area contributed by atoms with Crippen molar-refractivity contribution in [1.82, 2.24) is 9.88 Å². The first-order chi connectivity index (χ1) is 15.6. The van der Waals surface area contributed by atoms with Crippen molar-refractivity contribution in [1.29, 1.82) is 0 Å². The number of benzene rings is 1. The summed E-state index contributed by atoms with van der Waals surface area (Å²) in [4.78, 5) is 13.1. The Bertz CT molecular complexity index is 891. The van der Waals surface area contributed by atoms with E-state index in [0.29, 0.717) is 11.7 Å². The lowest BCUT2D eigenvalue weighted by Gasteiger charge is -2.24. The van der Waals surface area contributed by atoms with Crippen LogP contribution in [0.25, 0.3) is 11.3 Å². The highest BCUT2D eigenvalue weighted by Gasteiger charge is 2.25. The first-order valence-corrected chi connectivity index (χ1v) is 12.4. The molecule has 5 nitrogen and oxygen atoms in total. The van der Waals surface area contributed by atoms with Crippen molar-refractivity contribution >= 4 is 5.91 Å². The van der Waals surface area contributed by atoms with Crippen molar-refractivity contribution in [2.24, 2.45) is 5.92 Å². The van der Waals surface area contributed by atoms with Crippen LogP contribution < -0.4 is 10.1 Å². The number of aromatic hydroxyl groups is 1. The Morgan fingerprint density at radius 1 is 1.06 bits per heavy atom. The Labute approximate surface area is 193 Å². The molecule has 2 aromatic rings. The van der Waals surface area contributed by atoms with Crippen molar-refractivity contribution < 1.29 is 14.6 Å². The average molecular weight is 441 g/mol. The quantitative estimate of drug-likeness (QED) is 0.542. The highest BCUT2D eigenvalue weighted by atomic mass is 16.5. The van der Waals surface area contributed by atoms with Gasteiger partial charge in [0, 0.05) is 23.8 Å². The number of phenolic OH excluding ortho intramolecular Hbond substituents is 1. The molecule has 5 heteroatoms. The number of nitrogens with zero attached hydrogens (tertiary/aromatic N) is 1. The predicted octanol–water partition coefficient (Wildman–Crippen LogP) is 6.46. The summed E-state index contributed by atoms with van der Waals surface area (Å²) in [5.41, 5.74) is 3.51. The fourth-order valence-electron chi connectivity index (χ4n) is 5.19. The molecule has 1 heterocycles. The minimum absolute atomic E-state index is 0.0159. The number of carbonyl (C=O) groups excluding carboxylic acids is 1. The van der Waals surface area contributed by atoms with E-state index in [1.807, 2.05) is 26.8 Å². The number of ether oxygens (including phenoxy) is 1. The molecule has 0 aliphatic heterocycles.